The van der Waals surface area contributed by atoms with Gasteiger partial charge in [-0.05, 0) is 24.5 Å². The fraction of sp³-hybridized carbons (Fsp3) is 0.647. The van der Waals surface area contributed by atoms with E-state index in [-0.39, 0.29) is 4.83 Å². The second kappa shape index (κ2) is 10.3. The third-order valence-electron chi connectivity index (χ3n) is 3.59. The molecular weight excluding hydrogens is 322 g/mol. The maximum absolute atomic E-state index is 13.5. The Labute approximate surface area is 130 Å². The van der Waals surface area contributed by atoms with E-state index in [1.807, 2.05) is 0 Å². The summed E-state index contributed by atoms with van der Waals surface area (Å²) in [5.74, 6) is -1.45. The molecule has 1 rings (SSSR count). The van der Waals surface area contributed by atoms with Gasteiger partial charge in [0, 0.05) is 4.83 Å². The minimum atomic E-state index is -0.752. The molecule has 0 amide bonds. The minimum absolute atomic E-state index is 0.231. The first-order chi connectivity index (χ1) is 9.65. The lowest BCUT2D eigenvalue weighted by molar-refractivity contribution is 0.496. The molecule has 0 fully saturated rings. The highest BCUT2D eigenvalue weighted by atomic mass is 79.9. The molecule has 0 aliphatic carbocycles. The third kappa shape index (κ3) is 6.83. The SMILES string of the molecule is CCCCCCCCCC(Br)Cc1cccc(F)c1F. The molecule has 114 valence electrons. The molecule has 0 aliphatic heterocycles. The van der Waals surface area contributed by atoms with E-state index in [1.165, 1.54) is 44.6 Å². The molecular formula is C17H25BrF2. The molecule has 0 bridgehead atoms. The smallest absolute Gasteiger partial charge is 0.162 e. The van der Waals surface area contributed by atoms with Crippen molar-refractivity contribution in [3.8, 4) is 0 Å². The molecule has 0 aromatic heterocycles. The van der Waals surface area contributed by atoms with Crippen LogP contribution in [0.25, 0.3) is 0 Å². The van der Waals surface area contributed by atoms with Crippen LogP contribution in [-0.2, 0) is 6.42 Å². The minimum Gasteiger partial charge on any atom is -0.204 e. The summed E-state index contributed by atoms with van der Waals surface area (Å²) in [5, 5.41) is 0. The summed E-state index contributed by atoms with van der Waals surface area (Å²) in [6, 6.07) is 4.40. The van der Waals surface area contributed by atoms with E-state index >= 15 is 0 Å². The fourth-order valence-corrected chi connectivity index (χ4v) is 3.04. The Bertz CT molecular complexity index is 379. The zero-order chi connectivity index (χ0) is 14.8. The first kappa shape index (κ1) is 17.6. The highest BCUT2D eigenvalue weighted by Gasteiger charge is 2.12. The van der Waals surface area contributed by atoms with Crippen molar-refractivity contribution in [1.82, 2.24) is 0 Å². The number of benzene rings is 1. The lowest BCUT2D eigenvalue weighted by Crippen LogP contribution is -2.05. The molecule has 1 unspecified atom stereocenters. The number of rotatable bonds is 10. The molecule has 0 saturated heterocycles. The molecule has 0 heterocycles. The van der Waals surface area contributed by atoms with E-state index in [9.17, 15) is 8.78 Å². The summed E-state index contributed by atoms with van der Waals surface area (Å²) in [6.45, 7) is 2.22. The second-order valence-electron chi connectivity index (χ2n) is 5.42. The number of alkyl halides is 1. The van der Waals surface area contributed by atoms with Gasteiger partial charge in [0.05, 0.1) is 0 Å². The summed E-state index contributed by atoms with van der Waals surface area (Å²) in [6.07, 6.45) is 10.5. The van der Waals surface area contributed by atoms with Crippen molar-refractivity contribution < 1.29 is 8.78 Å². The zero-order valence-electron chi connectivity index (χ0n) is 12.3. The molecule has 0 aliphatic rings. The molecule has 0 N–H and O–H groups in total. The molecule has 3 heteroatoms. The summed E-state index contributed by atoms with van der Waals surface area (Å²) in [4.78, 5) is 0.231. The van der Waals surface area contributed by atoms with Crippen LogP contribution in [0.4, 0.5) is 8.78 Å². The Kier molecular flexibility index (Phi) is 9.08. The molecule has 1 aromatic rings. The van der Waals surface area contributed by atoms with Crippen molar-refractivity contribution in [3.05, 3.63) is 35.4 Å². The fourth-order valence-electron chi connectivity index (χ4n) is 2.37. The molecule has 0 radical (unpaired) electrons. The lowest BCUT2D eigenvalue weighted by Gasteiger charge is -2.10. The van der Waals surface area contributed by atoms with Gasteiger partial charge in [-0.25, -0.2) is 8.78 Å². The van der Waals surface area contributed by atoms with Crippen molar-refractivity contribution in [2.24, 2.45) is 0 Å². The summed E-state index contributed by atoms with van der Waals surface area (Å²) in [5.41, 5.74) is 0.467. The van der Waals surface area contributed by atoms with Crippen LogP contribution in [0.3, 0.4) is 0 Å². The largest absolute Gasteiger partial charge is 0.204 e. The molecule has 0 nitrogen and oxygen atoms in total. The highest BCUT2D eigenvalue weighted by Crippen LogP contribution is 2.20. The van der Waals surface area contributed by atoms with E-state index in [0.29, 0.717) is 12.0 Å². The Morgan fingerprint density at radius 1 is 1.00 bits per heavy atom. The molecule has 1 atom stereocenters. The maximum Gasteiger partial charge on any atom is 0.162 e. The van der Waals surface area contributed by atoms with Crippen LogP contribution in [-0.4, -0.2) is 4.83 Å². The van der Waals surface area contributed by atoms with Gasteiger partial charge in [0.1, 0.15) is 0 Å². The molecule has 0 spiro atoms. The predicted octanol–water partition coefficient (Wildman–Crippen LogP) is 6.41. The van der Waals surface area contributed by atoms with Crippen molar-refractivity contribution in [2.45, 2.75) is 69.5 Å². The van der Waals surface area contributed by atoms with Gasteiger partial charge in [0.2, 0.25) is 0 Å². The van der Waals surface area contributed by atoms with Crippen molar-refractivity contribution in [3.63, 3.8) is 0 Å². The van der Waals surface area contributed by atoms with Crippen LogP contribution in [0.15, 0.2) is 18.2 Å². The van der Waals surface area contributed by atoms with Gasteiger partial charge in [0.15, 0.2) is 11.6 Å². The predicted molar refractivity (Wildman–Crippen MR) is 85.4 cm³/mol. The van der Waals surface area contributed by atoms with Crippen LogP contribution in [0, 0.1) is 11.6 Å². The van der Waals surface area contributed by atoms with Gasteiger partial charge in [-0.15, -0.1) is 0 Å². The topological polar surface area (TPSA) is 0 Å². The van der Waals surface area contributed by atoms with E-state index in [2.05, 4.69) is 22.9 Å². The Morgan fingerprint density at radius 3 is 2.35 bits per heavy atom. The van der Waals surface area contributed by atoms with Crippen LogP contribution in [0.1, 0.15) is 63.9 Å². The third-order valence-corrected chi connectivity index (χ3v) is 4.38. The zero-order valence-corrected chi connectivity index (χ0v) is 13.9. The van der Waals surface area contributed by atoms with Crippen LogP contribution < -0.4 is 0 Å². The van der Waals surface area contributed by atoms with Crippen molar-refractivity contribution >= 4 is 15.9 Å². The van der Waals surface area contributed by atoms with Crippen molar-refractivity contribution in [2.75, 3.05) is 0 Å². The second-order valence-corrected chi connectivity index (χ2v) is 6.72. The highest BCUT2D eigenvalue weighted by molar-refractivity contribution is 9.09. The van der Waals surface area contributed by atoms with E-state index in [0.717, 1.165) is 12.8 Å². The van der Waals surface area contributed by atoms with E-state index < -0.39 is 11.6 Å². The molecule has 0 saturated carbocycles. The van der Waals surface area contributed by atoms with Gasteiger partial charge >= 0.3 is 0 Å². The average molecular weight is 347 g/mol. The molecule has 1 aromatic carbocycles. The van der Waals surface area contributed by atoms with E-state index in [1.54, 1.807) is 12.1 Å². The normalized spacial score (nSPS) is 12.6. The molecule has 20 heavy (non-hydrogen) atoms. The number of hydrogen-bond donors (Lipinski definition) is 0. The number of hydrogen-bond acceptors (Lipinski definition) is 0. The standard InChI is InChI=1S/C17H25BrF2/c1-2-3-4-5-6-7-8-11-15(18)13-14-10-9-12-16(19)17(14)20/h9-10,12,15H,2-8,11,13H2,1H3. The van der Waals surface area contributed by atoms with Gasteiger partial charge < -0.3 is 0 Å². The first-order valence-corrected chi connectivity index (χ1v) is 8.63. The Hall–Kier alpha value is -0.440. The Balaban J connectivity index is 2.17. The van der Waals surface area contributed by atoms with Crippen molar-refractivity contribution in [1.29, 1.82) is 0 Å². The number of halogens is 3. The van der Waals surface area contributed by atoms with Gasteiger partial charge in [-0.3, -0.25) is 0 Å². The van der Waals surface area contributed by atoms with Gasteiger partial charge in [-0.2, -0.15) is 0 Å². The van der Waals surface area contributed by atoms with E-state index in [4.69, 9.17) is 0 Å². The van der Waals surface area contributed by atoms with Crippen LogP contribution >= 0.6 is 15.9 Å². The Morgan fingerprint density at radius 2 is 1.65 bits per heavy atom. The van der Waals surface area contributed by atoms with Gasteiger partial charge in [0.25, 0.3) is 0 Å². The van der Waals surface area contributed by atoms with Crippen LogP contribution in [0.2, 0.25) is 0 Å². The lowest BCUT2D eigenvalue weighted by atomic mass is 10.0. The first-order valence-electron chi connectivity index (χ1n) is 7.72. The van der Waals surface area contributed by atoms with Gasteiger partial charge in [-0.1, -0.05) is 79.9 Å². The summed E-state index contributed by atoms with van der Waals surface area (Å²) in [7, 11) is 0. The average Bonchev–Trinajstić information content (AvgIpc) is 2.43. The quantitative estimate of drug-likeness (QED) is 0.339. The van der Waals surface area contributed by atoms with Crippen LogP contribution in [0.5, 0.6) is 0 Å². The monoisotopic (exact) mass is 346 g/mol. The summed E-state index contributed by atoms with van der Waals surface area (Å²) >= 11 is 3.58. The summed E-state index contributed by atoms with van der Waals surface area (Å²) < 4.78 is 26.6. The number of unbranched alkanes of at least 4 members (excludes halogenated alkanes) is 6. The maximum atomic E-state index is 13.5.